The van der Waals surface area contributed by atoms with Gasteiger partial charge in [0.1, 0.15) is 5.82 Å². The first-order valence-corrected chi connectivity index (χ1v) is 6.56. The molecule has 18 heavy (non-hydrogen) atoms. The Morgan fingerprint density at radius 2 is 2.22 bits per heavy atom. The molecule has 0 aliphatic carbocycles. The molecule has 1 aromatic heterocycles. The van der Waals surface area contributed by atoms with E-state index in [9.17, 15) is 4.39 Å². The number of halogens is 2. The molecule has 0 spiro atoms. The van der Waals surface area contributed by atoms with Crippen molar-refractivity contribution < 1.29 is 4.39 Å². The van der Waals surface area contributed by atoms with E-state index in [1.165, 1.54) is 17.4 Å². The van der Waals surface area contributed by atoms with Crippen LogP contribution in [0.15, 0.2) is 24.4 Å². The molecule has 0 radical (unpaired) electrons. The predicted molar refractivity (Wildman–Crippen MR) is 73.1 cm³/mol. The van der Waals surface area contributed by atoms with Crippen molar-refractivity contribution in [3.8, 4) is 0 Å². The second kappa shape index (κ2) is 5.65. The summed E-state index contributed by atoms with van der Waals surface area (Å²) in [6.45, 7) is 1.45. The van der Waals surface area contributed by atoms with Gasteiger partial charge in [-0.25, -0.2) is 9.37 Å². The fraction of sp³-hybridized carbons (Fsp3) is 0.250. The minimum absolute atomic E-state index is 0.155. The lowest BCUT2D eigenvalue weighted by Crippen LogP contribution is -2.16. The highest BCUT2D eigenvalue weighted by Crippen LogP contribution is 2.19. The first-order chi connectivity index (χ1) is 8.54. The van der Waals surface area contributed by atoms with Crippen LogP contribution in [0.4, 0.5) is 9.52 Å². The molecule has 2 rings (SSSR count). The zero-order chi connectivity index (χ0) is 13.1. The van der Waals surface area contributed by atoms with Gasteiger partial charge in [0, 0.05) is 24.2 Å². The number of anilines is 1. The molecular formula is C12H13ClFN3S. The molecule has 0 atom stereocenters. The third-order valence-corrected chi connectivity index (χ3v) is 3.53. The van der Waals surface area contributed by atoms with Crippen molar-refractivity contribution in [1.29, 1.82) is 0 Å². The van der Waals surface area contributed by atoms with E-state index in [1.54, 1.807) is 18.3 Å². The summed E-state index contributed by atoms with van der Waals surface area (Å²) in [5, 5.41) is 0.728. The van der Waals surface area contributed by atoms with Crippen LogP contribution >= 0.6 is 22.9 Å². The van der Waals surface area contributed by atoms with Gasteiger partial charge in [-0.05, 0) is 24.7 Å². The van der Waals surface area contributed by atoms with Gasteiger partial charge in [-0.1, -0.05) is 17.7 Å². The van der Waals surface area contributed by atoms with E-state index in [4.69, 9.17) is 17.3 Å². The summed E-state index contributed by atoms with van der Waals surface area (Å²) in [5.74, 6) is -0.390. The molecule has 0 aliphatic heterocycles. The maximum absolute atomic E-state index is 13.0. The molecule has 1 aromatic carbocycles. The Labute approximate surface area is 114 Å². The number of rotatable bonds is 4. The van der Waals surface area contributed by atoms with Crippen LogP contribution in [0, 0.1) is 5.82 Å². The SMILES string of the molecule is CN(Cc1ccc(F)c(Cl)c1)Cc1cnc(N)s1. The molecule has 1 heterocycles. The van der Waals surface area contributed by atoms with Gasteiger partial charge in [0.25, 0.3) is 0 Å². The number of nitrogens with two attached hydrogens (primary N) is 1. The first-order valence-electron chi connectivity index (χ1n) is 5.37. The monoisotopic (exact) mass is 285 g/mol. The molecule has 0 unspecified atom stereocenters. The van der Waals surface area contributed by atoms with E-state index >= 15 is 0 Å². The van der Waals surface area contributed by atoms with Crippen LogP contribution in [-0.2, 0) is 13.1 Å². The summed E-state index contributed by atoms with van der Waals surface area (Å²) >= 11 is 7.21. The summed E-state index contributed by atoms with van der Waals surface area (Å²) in [5.41, 5.74) is 6.55. The Morgan fingerprint density at radius 1 is 1.44 bits per heavy atom. The number of hydrogen-bond donors (Lipinski definition) is 1. The van der Waals surface area contributed by atoms with Crippen molar-refractivity contribution in [1.82, 2.24) is 9.88 Å². The number of thiazole rings is 1. The zero-order valence-corrected chi connectivity index (χ0v) is 11.4. The van der Waals surface area contributed by atoms with Crippen molar-refractivity contribution in [2.45, 2.75) is 13.1 Å². The molecule has 0 bridgehead atoms. The number of benzene rings is 1. The first kappa shape index (κ1) is 13.3. The second-order valence-corrected chi connectivity index (χ2v) is 5.64. The normalized spacial score (nSPS) is 11.1. The molecule has 0 saturated heterocycles. The molecular weight excluding hydrogens is 273 g/mol. The predicted octanol–water partition coefficient (Wildman–Crippen LogP) is 3.15. The Morgan fingerprint density at radius 3 is 2.83 bits per heavy atom. The fourth-order valence-corrected chi connectivity index (χ4v) is 2.63. The Kier molecular flexibility index (Phi) is 4.16. The zero-order valence-electron chi connectivity index (χ0n) is 9.86. The van der Waals surface area contributed by atoms with Gasteiger partial charge in [0.15, 0.2) is 5.13 Å². The lowest BCUT2D eigenvalue weighted by atomic mass is 10.2. The number of nitrogen functional groups attached to an aromatic ring is 1. The summed E-state index contributed by atoms with van der Waals surface area (Å²) in [6, 6.07) is 4.77. The van der Waals surface area contributed by atoms with Crippen molar-refractivity contribution in [2.24, 2.45) is 0 Å². The van der Waals surface area contributed by atoms with Crippen LogP contribution in [-0.4, -0.2) is 16.9 Å². The van der Waals surface area contributed by atoms with Crippen molar-refractivity contribution in [3.63, 3.8) is 0 Å². The Bertz CT molecular complexity index is 544. The van der Waals surface area contributed by atoms with Crippen LogP contribution in [0.2, 0.25) is 5.02 Å². The molecule has 2 N–H and O–H groups in total. The van der Waals surface area contributed by atoms with Crippen LogP contribution in [0.5, 0.6) is 0 Å². The summed E-state index contributed by atoms with van der Waals surface area (Å²) in [6.07, 6.45) is 1.77. The highest BCUT2D eigenvalue weighted by molar-refractivity contribution is 7.15. The lowest BCUT2D eigenvalue weighted by Gasteiger charge is -2.15. The van der Waals surface area contributed by atoms with Crippen molar-refractivity contribution >= 4 is 28.1 Å². The topological polar surface area (TPSA) is 42.2 Å². The highest BCUT2D eigenvalue weighted by atomic mass is 35.5. The molecule has 2 aromatic rings. The van der Waals surface area contributed by atoms with Crippen LogP contribution < -0.4 is 5.73 Å². The van der Waals surface area contributed by atoms with Gasteiger partial charge >= 0.3 is 0 Å². The number of nitrogens with zero attached hydrogens (tertiary/aromatic N) is 2. The lowest BCUT2D eigenvalue weighted by molar-refractivity contribution is 0.321. The minimum Gasteiger partial charge on any atom is -0.375 e. The van der Waals surface area contributed by atoms with E-state index in [1.807, 2.05) is 7.05 Å². The maximum atomic E-state index is 13.0. The smallest absolute Gasteiger partial charge is 0.180 e. The maximum Gasteiger partial charge on any atom is 0.180 e. The third-order valence-electron chi connectivity index (χ3n) is 2.43. The van der Waals surface area contributed by atoms with E-state index < -0.39 is 5.82 Å². The Hall–Kier alpha value is -1.17. The standard InChI is InChI=1S/C12H13ClFN3S/c1-17(7-9-5-16-12(15)18-9)6-8-2-3-11(14)10(13)4-8/h2-5H,6-7H2,1H3,(H2,15,16). The highest BCUT2D eigenvalue weighted by Gasteiger charge is 2.06. The van der Waals surface area contributed by atoms with Crippen LogP contribution in [0.3, 0.4) is 0 Å². The van der Waals surface area contributed by atoms with Crippen LogP contribution in [0.1, 0.15) is 10.4 Å². The molecule has 0 saturated carbocycles. The average Bonchev–Trinajstić information content (AvgIpc) is 2.69. The van der Waals surface area contributed by atoms with E-state index in [-0.39, 0.29) is 5.02 Å². The van der Waals surface area contributed by atoms with Crippen molar-refractivity contribution in [3.05, 3.63) is 45.7 Å². The van der Waals surface area contributed by atoms with Crippen molar-refractivity contribution in [2.75, 3.05) is 12.8 Å². The molecule has 3 nitrogen and oxygen atoms in total. The molecule has 96 valence electrons. The average molecular weight is 286 g/mol. The van der Waals surface area contributed by atoms with Gasteiger partial charge < -0.3 is 5.73 Å². The van der Waals surface area contributed by atoms with Gasteiger partial charge in [0.2, 0.25) is 0 Å². The van der Waals surface area contributed by atoms with Gasteiger partial charge in [-0.3, -0.25) is 4.90 Å². The summed E-state index contributed by atoms with van der Waals surface area (Å²) < 4.78 is 13.0. The largest absolute Gasteiger partial charge is 0.375 e. The third kappa shape index (κ3) is 3.41. The number of aromatic nitrogens is 1. The minimum atomic E-state index is -0.390. The molecule has 0 fully saturated rings. The number of hydrogen-bond acceptors (Lipinski definition) is 4. The fourth-order valence-electron chi connectivity index (χ4n) is 1.67. The summed E-state index contributed by atoms with van der Waals surface area (Å²) in [7, 11) is 1.98. The Balaban J connectivity index is 1.98. The summed E-state index contributed by atoms with van der Waals surface area (Å²) in [4.78, 5) is 7.20. The van der Waals surface area contributed by atoms with Gasteiger partial charge in [-0.15, -0.1) is 11.3 Å². The second-order valence-electron chi connectivity index (χ2n) is 4.09. The van der Waals surface area contributed by atoms with Gasteiger partial charge in [-0.2, -0.15) is 0 Å². The molecule has 0 amide bonds. The van der Waals surface area contributed by atoms with E-state index in [0.29, 0.717) is 11.7 Å². The molecule has 6 heteroatoms. The molecule has 0 aliphatic rings. The van der Waals surface area contributed by atoms with E-state index in [0.717, 1.165) is 17.0 Å². The van der Waals surface area contributed by atoms with Crippen LogP contribution in [0.25, 0.3) is 0 Å². The van der Waals surface area contributed by atoms with E-state index in [2.05, 4.69) is 9.88 Å². The van der Waals surface area contributed by atoms with Gasteiger partial charge in [0.05, 0.1) is 5.02 Å². The quantitative estimate of drug-likeness (QED) is 0.938.